The summed E-state index contributed by atoms with van der Waals surface area (Å²) in [6.07, 6.45) is 5.29. The molecule has 0 atom stereocenters. The Labute approximate surface area is 105 Å². The van der Waals surface area contributed by atoms with Gasteiger partial charge in [-0.05, 0) is 17.9 Å². The fourth-order valence-electron chi connectivity index (χ4n) is 1.44. The van der Waals surface area contributed by atoms with E-state index in [1.807, 2.05) is 16.8 Å². The Bertz CT molecular complexity index is 448. The Morgan fingerprint density at radius 3 is 3.12 bits per heavy atom. The number of aliphatic imine (C=N–C) groups is 2. The summed E-state index contributed by atoms with van der Waals surface area (Å²) in [6.45, 7) is 2.71. The van der Waals surface area contributed by atoms with Gasteiger partial charge in [0.05, 0.1) is 12.4 Å². The minimum absolute atomic E-state index is 0.622. The molecule has 5 heteroatoms. The zero-order chi connectivity index (χ0) is 12.1. The average molecular weight is 249 g/mol. The van der Waals surface area contributed by atoms with Gasteiger partial charge in [-0.1, -0.05) is 13.3 Å². The van der Waals surface area contributed by atoms with E-state index in [1.165, 1.54) is 5.06 Å². The molecule has 1 aromatic rings. The van der Waals surface area contributed by atoms with Crippen LogP contribution in [0.1, 0.15) is 25.3 Å². The highest BCUT2D eigenvalue weighted by atomic mass is 32.1. The molecule has 0 amide bonds. The van der Waals surface area contributed by atoms with Crippen molar-refractivity contribution in [1.29, 1.82) is 0 Å². The molecule has 1 aliphatic heterocycles. The molecule has 1 aromatic heterocycles. The first-order valence-corrected chi connectivity index (χ1v) is 6.56. The summed E-state index contributed by atoms with van der Waals surface area (Å²) >= 11 is 1.62. The molecule has 0 spiro atoms. The van der Waals surface area contributed by atoms with E-state index in [4.69, 9.17) is 0 Å². The maximum Gasteiger partial charge on any atom is 0.160 e. The quantitative estimate of drug-likeness (QED) is 0.816. The van der Waals surface area contributed by atoms with Gasteiger partial charge in [-0.15, -0.1) is 0 Å². The second kappa shape index (κ2) is 5.75. The summed E-state index contributed by atoms with van der Waals surface area (Å²) in [5, 5.41) is 14.8. The van der Waals surface area contributed by atoms with Crippen LogP contribution in [-0.2, 0) is 0 Å². The largest absolute Gasteiger partial charge is 0.289 e. The topological polar surface area (TPSA) is 48.2 Å². The summed E-state index contributed by atoms with van der Waals surface area (Å²) < 4.78 is 0. The van der Waals surface area contributed by atoms with Crippen LogP contribution in [0.2, 0.25) is 0 Å². The molecule has 17 heavy (non-hydrogen) atoms. The van der Waals surface area contributed by atoms with Crippen LogP contribution in [0.3, 0.4) is 0 Å². The van der Waals surface area contributed by atoms with Crippen LogP contribution in [0.25, 0.3) is 0 Å². The van der Waals surface area contributed by atoms with E-state index < -0.39 is 0 Å². The first kappa shape index (κ1) is 12.0. The van der Waals surface area contributed by atoms with E-state index >= 15 is 0 Å². The molecule has 1 aliphatic rings. The Kier molecular flexibility index (Phi) is 4.06. The van der Waals surface area contributed by atoms with Crippen LogP contribution < -0.4 is 0 Å². The molecule has 0 unspecified atom stereocenters. The van der Waals surface area contributed by atoms with Crippen LogP contribution >= 0.6 is 11.3 Å². The lowest BCUT2D eigenvalue weighted by atomic mass is 10.3. The summed E-state index contributed by atoms with van der Waals surface area (Å²) in [5.41, 5.74) is 1.71. The molecular formula is C12H15N3OS. The minimum atomic E-state index is 0.622. The van der Waals surface area contributed by atoms with Gasteiger partial charge in [-0.2, -0.15) is 11.3 Å². The average Bonchev–Trinajstić information content (AvgIpc) is 2.95. The van der Waals surface area contributed by atoms with Crippen molar-refractivity contribution >= 4 is 23.4 Å². The van der Waals surface area contributed by atoms with Crippen molar-refractivity contribution in [2.45, 2.75) is 19.8 Å². The fourth-order valence-corrected chi connectivity index (χ4v) is 2.07. The van der Waals surface area contributed by atoms with Crippen molar-refractivity contribution in [2.75, 3.05) is 6.54 Å². The van der Waals surface area contributed by atoms with Crippen molar-refractivity contribution < 1.29 is 5.21 Å². The minimum Gasteiger partial charge on any atom is -0.289 e. The lowest BCUT2D eigenvalue weighted by Crippen LogP contribution is -2.13. The molecule has 0 aromatic carbocycles. The maximum atomic E-state index is 9.59. The van der Waals surface area contributed by atoms with E-state index in [0.717, 1.165) is 18.4 Å². The number of rotatable bonds is 5. The Morgan fingerprint density at radius 2 is 2.41 bits per heavy atom. The highest BCUT2D eigenvalue weighted by Gasteiger charge is 2.09. The molecule has 90 valence electrons. The summed E-state index contributed by atoms with van der Waals surface area (Å²) in [6, 6.07) is 1.98. The van der Waals surface area contributed by atoms with Gasteiger partial charge >= 0.3 is 0 Å². The Morgan fingerprint density at radius 1 is 1.53 bits per heavy atom. The third kappa shape index (κ3) is 3.25. The van der Waals surface area contributed by atoms with Crippen LogP contribution in [0, 0.1) is 0 Å². The van der Waals surface area contributed by atoms with Crippen LogP contribution in [-0.4, -0.2) is 28.9 Å². The fraction of sp³-hybridized carbons (Fsp3) is 0.333. The normalized spacial score (nSPS) is 16.6. The second-order valence-corrected chi connectivity index (χ2v) is 4.56. The Hall–Kier alpha value is -1.46. The van der Waals surface area contributed by atoms with Gasteiger partial charge in [0.2, 0.25) is 0 Å². The van der Waals surface area contributed by atoms with Gasteiger partial charge in [0.15, 0.2) is 5.84 Å². The van der Waals surface area contributed by atoms with E-state index in [-0.39, 0.29) is 0 Å². The first-order chi connectivity index (χ1) is 8.29. The van der Waals surface area contributed by atoms with E-state index in [1.54, 1.807) is 23.8 Å². The van der Waals surface area contributed by atoms with Gasteiger partial charge in [0.25, 0.3) is 0 Å². The summed E-state index contributed by atoms with van der Waals surface area (Å²) in [5.74, 6) is 0.710. The molecule has 4 nitrogen and oxygen atoms in total. The Balaban J connectivity index is 2.01. The van der Waals surface area contributed by atoms with Crippen molar-refractivity contribution in [3.05, 3.63) is 34.3 Å². The van der Waals surface area contributed by atoms with Crippen molar-refractivity contribution in [3.63, 3.8) is 0 Å². The van der Waals surface area contributed by atoms with Crippen LogP contribution in [0.5, 0.6) is 0 Å². The lowest BCUT2D eigenvalue weighted by molar-refractivity contribution is -0.0419. The van der Waals surface area contributed by atoms with Crippen molar-refractivity contribution in [2.24, 2.45) is 9.98 Å². The smallest absolute Gasteiger partial charge is 0.160 e. The van der Waals surface area contributed by atoms with Gasteiger partial charge in [-0.25, -0.2) is 9.98 Å². The van der Waals surface area contributed by atoms with Gasteiger partial charge in [0, 0.05) is 17.5 Å². The molecule has 2 heterocycles. The third-order valence-corrected chi connectivity index (χ3v) is 3.04. The standard InChI is InChI=1S/C12H15N3OS/c1-2-3-5-15(16)8-11-7-13-12(14-11)10-4-6-17-9-10/h4,6-9,16H,2-3,5H2,1H3/b11-8+. The van der Waals surface area contributed by atoms with Gasteiger partial charge in [0.1, 0.15) is 5.70 Å². The number of hydrogen-bond donors (Lipinski definition) is 1. The number of allylic oxidation sites excluding steroid dienone is 1. The SMILES string of the molecule is CCCCN(O)/C=C1\C=NC(c2ccsc2)=N1. The zero-order valence-corrected chi connectivity index (χ0v) is 10.5. The van der Waals surface area contributed by atoms with E-state index in [0.29, 0.717) is 18.1 Å². The number of hydroxylamine groups is 2. The molecule has 1 N–H and O–H groups in total. The summed E-state index contributed by atoms with van der Waals surface area (Å²) in [4.78, 5) is 8.56. The van der Waals surface area contributed by atoms with E-state index in [2.05, 4.69) is 16.9 Å². The molecule has 0 saturated heterocycles. The first-order valence-electron chi connectivity index (χ1n) is 5.62. The zero-order valence-electron chi connectivity index (χ0n) is 9.71. The predicted molar refractivity (Wildman–Crippen MR) is 70.8 cm³/mol. The number of thiophene rings is 1. The predicted octanol–water partition coefficient (Wildman–Crippen LogP) is 2.91. The van der Waals surface area contributed by atoms with E-state index in [9.17, 15) is 5.21 Å². The maximum absolute atomic E-state index is 9.59. The number of hydrogen-bond acceptors (Lipinski definition) is 5. The number of nitrogens with zero attached hydrogens (tertiary/aromatic N) is 3. The lowest BCUT2D eigenvalue weighted by Gasteiger charge is -2.10. The van der Waals surface area contributed by atoms with Crippen molar-refractivity contribution in [1.82, 2.24) is 5.06 Å². The van der Waals surface area contributed by atoms with Gasteiger partial charge in [-0.3, -0.25) is 10.3 Å². The highest BCUT2D eigenvalue weighted by Crippen LogP contribution is 2.14. The van der Waals surface area contributed by atoms with Crippen LogP contribution in [0.15, 0.2) is 38.7 Å². The number of unbranched alkanes of at least 4 members (excludes halogenated alkanes) is 1. The molecule has 2 rings (SSSR count). The third-order valence-electron chi connectivity index (χ3n) is 2.36. The van der Waals surface area contributed by atoms with Gasteiger partial charge < -0.3 is 0 Å². The van der Waals surface area contributed by atoms with Crippen LogP contribution in [0.4, 0.5) is 0 Å². The monoisotopic (exact) mass is 249 g/mol. The molecule has 0 saturated carbocycles. The van der Waals surface area contributed by atoms with Crippen molar-refractivity contribution in [3.8, 4) is 0 Å². The number of amidine groups is 1. The second-order valence-electron chi connectivity index (χ2n) is 3.78. The molecule has 0 bridgehead atoms. The summed E-state index contributed by atoms with van der Waals surface area (Å²) in [7, 11) is 0. The molecule has 0 fully saturated rings. The highest BCUT2D eigenvalue weighted by molar-refractivity contribution is 7.08. The molecular weight excluding hydrogens is 234 g/mol. The molecule has 0 radical (unpaired) electrons. The molecule has 0 aliphatic carbocycles.